The summed E-state index contributed by atoms with van der Waals surface area (Å²) in [5, 5.41) is 3.40. The summed E-state index contributed by atoms with van der Waals surface area (Å²) in [5.74, 6) is 1.57. The number of piperazine rings is 1. The second kappa shape index (κ2) is 9.04. The maximum Gasteiger partial charge on any atom is 0.416 e. The van der Waals surface area contributed by atoms with Crippen molar-refractivity contribution in [2.24, 2.45) is 10.9 Å². The third-order valence-electron chi connectivity index (χ3n) is 6.33. The number of hydrogen-bond donors (Lipinski definition) is 1. The molecule has 3 aliphatic rings. The summed E-state index contributed by atoms with van der Waals surface area (Å²) in [4.78, 5) is 11.8. The normalized spacial score (nSPS) is 23.9. The first-order valence-corrected chi connectivity index (χ1v) is 11.1. The van der Waals surface area contributed by atoms with Gasteiger partial charge in [-0.2, -0.15) is 13.2 Å². The molecule has 166 valence electrons. The van der Waals surface area contributed by atoms with Crippen LogP contribution in [0, 0.1) is 5.92 Å². The fourth-order valence-corrected chi connectivity index (χ4v) is 4.48. The summed E-state index contributed by atoms with van der Waals surface area (Å²) in [6, 6.07) is 6.46. The molecule has 2 saturated heterocycles. The van der Waals surface area contributed by atoms with Crippen molar-refractivity contribution in [2.75, 3.05) is 57.3 Å². The van der Waals surface area contributed by atoms with Crippen LogP contribution in [0.5, 0.6) is 0 Å². The van der Waals surface area contributed by atoms with Crippen molar-refractivity contribution in [1.29, 1.82) is 0 Å². The molecule has 1 atom stereocenters. The predicted molar refractivity (Wildman–Crippen MR) is 114 cm³/mol. The van der Waals surface area contributed by atoms with Crippen LogP contribution in [-0.4, -0.2) is 74.2 Å². The van der Waals surface area contributed by atoms with Crippen LogP contribution in [0.2, 0.25) is 0 Å². The monoisotopic (exact) mass is 423 g/mol. The average molecular weight is 424 g/mol. The minimum Gasteiger partial charge on any atom is -0.368 e. The van der Waals surface area contributed by atoms with Gasteiger partial charge in [-0.15, -0.1) is 0 Å². The van der Waals surface area contributed by atoms with E-state index in [-0.39, 0.29) is 0 Å². The van der Waals surface area contributed by atoms with Crippen LogP contribution in [0.3, 0.4) is 0 Å². The maximum absolute atomic E-state index is 13.0. The number of likely N-dealkylation sites (tertiary alicyclic amines) is 1. The van der Waals surface area contributed by atoms with E-state index in [1.165, 1.54) is 37.9 Å². The van der Waals surface area contributed by atoms with E-state index in [9.17, 15) is 13.2 Å². The molecule has 1 N–H and O–H groups in total. The minimum atomic E-state index is -4.31. The van der Waals surface area contributed by atoms with Crippen molar-refractivity contribution in [3.8, 4) is 0 Å². The molecule has 0 spiro atoms. The molecule has 2 heterocycles. The van der Waals surface area contributed by atoms with Gasteiger partial charge in [-0.25, -0.2) is 0 Å². The molecule has 1 unspecified atom stereocenters. The van der Waals surface area contributed by atoms with Crippen LogP contribution >= 0.6 is 0 Å². The van der Waals surface area contributed by atoms with Gasteiger partial charge >= 0.3 is 6.18 Å². The van der Waals surface area contributed by atoms with Crippen LogP contribution in [0.1, 0.15) is 31.7 Å². The Labute approximate surface area is 176 Å². The summed E-state index contributed by atoms with van der Waals surface area (Å²) in [6.07, 6.45) is -0.371. The molecule has 0 bridgehead atoms. The van der Waals surface area contributed by atoms with Gasteiger partial charge in [0.05, 0.1) is 5.56 Å². The van der Waals surface area contributed by atoms with Gasteiger partial charge in [0.15, 0.2) is 5.96 Å². The summed E-state index contributed by atoms with van der Waals surface area (Å²) >= 11 is 0. The smallest absolute Gasteiger partial charge is 0.368 e. The topological polar surface area (TPSA) is 34.1 Å². The van der Waals surface area contributed by atoms with E-state index in [4.69, 9.17) is 4.99 Å². The largest absolute Gasteiger partial charge is 0.416 e. The van der Waals surface area contributed by atoms with Crippen LogP contribution in [0.4, 0.5) is 18.9 Å². The lowest BCUT2D eigenvalue weighted by Crippen LogP contribution is -2.52. The lowest BCUT2D eigenvalue weighted by molar-refractivity contribution is -0.137. The molecule has 0 amide bonds. The fraction of sp³-hybridized carbons (Fsp3) is 0.682. The van der Waals surface area contributed by atoms with Crippen molar-refractivity contribution in [2.45, 2.75) is 38.4 Å². The van der Waals surface area contributed by atoms with Gasteiger partial charge in [-0.3, -0.25) is 4.99 Å². The highest BCUT2D eigenvalue weighted by Crippen LogP contribution is 2.32. The van der Waals surface area contributed by atoms with Gasteiger partial charge < -0.3 is 20.0 Å². The first-order valence-electron chi connectivity index (χ1n) is 11.1. The predicted octanol–water partition coefficient (Wildman–Crippen LogP) is 3.28. The highest BCUT2D eigenvalue weighted by Gasteiger charge is 2.34. The van der Waals surface area contributed by atoms with Gasteiger partial charge in [0.1, 0.15) is 0 Å². The molecule has 0 radical (unpaired) electrons. The molecule has 1 saturated carbocycles. The Morgan fingerprint density at radius 3 is 2.53 bits per heavy atom. The van der Waals surface area contributed by atoms with Crippen LogP contribution in [0.25, 0.3) is 0 Å². The standard InChI is InChI=1S/C22H32F3N5/c1-2-26-21(27-15-17-8-9-30(16-17)19-6-7-19)29-12-10-28(11-13-29)20-5-3-4-18(14-20)22(23,24)25/h3-5,14,17,19H,2,6-13,15-16H2,1H3,(H,26,27). The summed E-state index contributed by atoms with van der Waals surface area (Å²) in [6.45, 7) is 8.97. The number of guanidine groups is 1. The summed E-state index contributed by atoms with van der Waals surface area (Å²) in [5.41, 5.74) is 0.0478. The van der Waals surface area contributed by atoms with Crippen molar-refractivity contribution in [3.05, 3.63) is 29.8 Å². The molecule has 8 heteroatoms. The van der Waals surface area contributed by atoms with Crippen molar-refractivity contribution >= 4 is 11.6 Å². The highest BCUT2D eigenvalue weighted by atomic mass is 19.4. The highest BCUT2D eigenvalue weighted by molar-refractivity contribution is 5.80. The Morgan fingerprint density at radius 2 is 1.87 bits per heavy atom. The fourth-order valence-electron chi connectivity index (χ4n) is 4.48. The number of aliphatic imine (C=N–C) groups is 1. The zero-order chi connectivity index (χ0) is 21.1. The number of nitrogens with one attached hydrogen (secondary N) is 1. The molecule has 5 nitrogen and oxygen atoms in total. The van der Waals surface area contributed by atoms with E-state index >= 15 is 0 Å². The maximum atomic E-state index is 13.0. The van der Waals surface area contributed by atoms with Crippen molar-refractivity contribution in [1.82, 2.24) is 15.1 Å². The Balaban J connectivity index is 1.33. The number of anilines is 1. The first-order chi connectivity index (χ1) is 14.4. The van der Waals surface area contributed by atoms with Gasteiger partial charge in [0, 0.05) is 57.5 Å². The number of nitrogens with zero attached hydrogens (tertiary/aromatic N) is 4. The van der Waals surface area contributed by atoms with E-state index in [1.807, 2.05) is 4.90 Å². The van der Waals surface area contributed by atoms with Crippen LogP contribution in [0.15, 0.2) is 29.3 Å². The lowest BCUT2D eigenvalue weighted by Gasteiger charge is -2.38. The summed E-state index contributed by atoms with van der Waals surface area (Å²) < 4.78 is 39.1. The molecule has 2 aliphatic heterocycles. The molecule has 30 heavy (non-hydrogen) atoms. The average Bonchev–Trinajstić information content (AvgIpc) is 3.49. The third-order valence-corrected chi connectivity index (χ3v) is 6.33. The van der Waals surface area contributed by atoms with Crippen molar-refractivity contribution in [3.63, 3.8) is 0 Å². The zero-order valence-corrected chi connectivity index (χ0v) is 17.7. The molecule has 3 fully saturated rings. The van der Waals surface area contributed by atoms with Gasteiger partial charge in [-0.1, -0.05) is 6.07 Å². The van der Waals surface area contributed by atoms with Gasteiger partial charge in [0.25, 0.3) is 0 Å². The minimum absolute atomic E-state index is 0.589. The summed E-state index contributed by atoms with van der Waals surface area (Å²) in [7, 11) is 0. The van der Waals surface area contributed by atoms with E-state index in [2.05, 4.69) is 22.0 Å². The number of hydrogen-bond acceptors (Lipinski definition) is 3. The number of rotatable bonds is 5. The van der Waals surface area contributed by atoms with E-state index < -0.39 is 11.7 Å². The van der Waals surface area contributed by atoms with Gasteiger partial charge in [-0.05, 0) is 56.8 Å². The Morgan fingerprint density at radius 1 is 1.10 bits per heavy atom. The van der Waals surface area contributed by atoms with E-state index in [1.54, 1.807) is 6.07 Å². The number of benzene rings is 1. The van der Waals surface area contributed by atoms with Crippen LogP contribution < -0.4 is 10.2 Å². The van der Waals surface area contributed by atoms with Crippen LogP contribution in [-0.2, 0) is 6.18 Å². The first kappa shape index (κ1) is 21.3. The SMILES string of the molecule is CCNC(=NCC1CCN(C2CC2)C1)N1CCN(c2cccc(C(F)(F)F)c2)CC1. The second-order valence-electron chi connectivity index (χ2n) is 8.60. The Hall–Kier alpha value is -1.96. The quantitative estimate of drug-likeness (QED) is 0.582. The van der Waals surface area contributed by atoms with Gasteiger partial charge in [0.2, 0.25) is 0 Å². The second-order valence-corrected chi connectivity index (χ2v) is 8.60. The molecule has 1 aromatic rings. The molecule has 1 aromatic carbocycles. The number of alkyl halides is 3. The molecule has 1 aliphatic carbocycles. The third kappa shape index (κ3) is 5.20. The molecular formula is C22H32F3N5. The van der Waals surface area contributed by atoms with Crippen molar-refractivity contribution < 1.29 is 13.2 Å². The Bertz CT molecular complexity index is 739. The number of halogens is 3. The van der Waals surface area contributed by atoms with E-state index in [0.717, 1.165) is 50.8 Å². The zero-order valence-electron chi connectivity index (χ0n) is 17.7. The lowest BCUT2D eigenvalue weighted by atomic mass is 10.1. The Kier molecular flexibility index (Phi) is 6.41. The van der Waals surface area contributed by atoms with E-state index in [0.29, 0.717) is 24.7 Å². The molecule has 0 aromatic heterocycles. The molecule has 4 rings (SSSR count). The molecular weight excluding hydrogens is 391 g/mol.